The van der Waals surface area contributed by atoms with E-state index in [0.717, 1.165) is 17.8 Å². The number of nitrogens with one attached hydrogen (secondary N) is 1. The first-order valence-electron chi connectivity index (χ1n) is 5.43. The molecule has 82 valence electrons. The van der Waals surface area contributed by atoms with E-state index < -0.39 is 0 Å². The summed E-state index contributed by atoms with van der Waals surface area (Å²) in [6.45, 7) is 2.14. The molecule has 0 heterocycles. The summed E-state index contributed by atoms with van der Waals surface area (Å²) in [6, 6.07) is 15.4. The molecule has 0 aliphatic carbocycles. The number of hydrogen-bond donors (Lipinski definition) is 2. The van der Waals surface area contributed by atoms with Crippen LogP contribution in [-0.4, -0.2) is 5.11 Å². The molecule has 2 aromatic carbocycles. The number of hydrogen-bond acceptors (Lipinski definition) is 2. The van der Waals surface area contributed by atoms with Gasteiger partial charge in [0.15, 0.2) is 0 Å². The molecule has 0 saturated heterocycles. The van der Waals surface area contributed by atoms with Gasteiger partial charge in [-0.25, -0.2) is 0 Å². The van der Waals surface area contributed by atoms with Gasteiger partial charge in [0, 0.05) is 11.4 Å². The standard InChI is InChI=1S/C14H15NO/c1-2-11-3-5-12(6-4-11)15-13-7-9-14(16)10-8-13/h3-10,15-16H,2H2,1H3. The van der Waals surface area contributed by atoms with E-state index in [9.17, 15) is 0 Å². The van der Waals surface area contributed by atoms with Crippen LogP contribution in [0.15, 0.2) is 48.5 Å². The number of aryl methyl sites for hydroxylation is 1. The first kappa shape index (κ1) is 10.6. The summed E-state index contributed by atoms with van der Waals surface area (Å²) in [5.74, 6) is 0.284. The van der Waals surface area contributed by atoms with Gasteiger partial charge >= 0.3 is 0 Å². The zero-order valence-electron chi connectivity index (χ0n) is 9.27. The molecule has 16 heavy (non-hydrogen) atoms. The first-order valence-corrected chi connectivity index (χ1v) is 5.43. The van der Waals surface area contributed by atoms with Crippen molar-refractivity contribution in [1.29, 1.82) is 0 Å². The van der Waals surface area contributed by atoms with Gasteiger partial charge in [0.2, 0.25) is 0 Å². The molecule has 0 aliphatic rings. The zero-order chi connectivity index (χ0) is 11.4. The Bertz CT molecular complexity index is 445. The van der Waals surface area contributed by atoms with E-state index in [4.69, 9.17) is 5.11 Å². The summed E-state index contributed by atoms with van der Waals surface area (Å²) < 4.78 is 0. The largest absolute Gasteiger partial charge is 0.508 e. The lowest BCUT2D eigenvalue weighted by atomic mass is 10.1. The Morgan fingerprint density at radius 2 is 1.38 bits per heavy atom. The quantitative estimate of drug-likeness (QED) is 0.762. The van der Waals surface area contributed by atoms with Gasteiger partial charge in [-0.2, -0.15) is 0 Å². The summed E-state index contributed by atoms with van der Waals surface area (Å²) in [5, 5.41) is 12.4. The molecule has 0 amide bonds. The fourth-order valence-corrected chi connectivity index (χ4v) is 1.54. The molecule has 0 atom stereocenters. The van der Waals surface area contributed by atoms with Crippen molar-refractivity contribution in [3.05, 3.63) is 54.1 Å². The summed E-state index contributed by atoms with van der Waals surface area (Å²) in [4.78, 5) is 0. The molecule has 2 heteroatoms. The van der Waals surface area contributed by atoms with Gasteiger partial charge in [-0.15, -0.1) is 0 Å². The summed E-state index contributed by atoms with van der Waals surface area (Å²) >= 11 is 0. The average Bonchev–Trinajstić information content (AvgIpc) is 2.33. The van der Waals surface area contributed by atoms with Crippen molar-refractivity contribution in [1.82, 2.24) is 0 Å². The molecule has 0 aliphatic heterocycles. The van der Waals surface area contributed by atoms with Crippen LogP contribution in [0.3, 0.4) is 0 Å². The van der Waals surface area contributed by atoms with Crippen molar-refractivity contribution < 1.29 is 5.11 Å². The second-order valence-electron chi connectivity index (χ2n) is 3.72. The van der Waals surface area contributed by atoms with Crippen molar-refractivity contribution in [3.8, 4) is 5.75 Å². The van der Waals surface area contributed by atoms with Crippen LogP contribution in [0.2, 0.25) is 0 Å². The molecule has 0 unspecified atom stereocenters. The smallest absolute Gasteiger partial charge is 0.115 e. The summed E-state index contributed by atoms with van der Waals surface area (Å²) in [5.41, 5.74) is 3.36. The number of rotatable bonds is 3. The van der Waals surface area contributed by atoms with Gasteiger partial charge in [0.25, 0.3) is 0 Å². The molecule has 0 saturated carbocycles. The third-order valence-electron chi connectivity index (χ3n) is 2.52. The van der Waals surface area contributed by atoms with Crippen LogP contribution < -0.4 is 5.32 Å². The van der Waals surface area contributed by atoms with Crippen molar-refractivity contribution in [2.24, 2.45) is 0 Å². The van der Waals surface area contributed by atoms with Gasteiger partial charge < -0.3 is 10.4 Å². The lowest BCUT2D eigenvalue weighted by Crippen LogP contribution is -1.90. The van der Waals surface area contributed by atoms with Crippen LogP contribution in [0, 0.1) is 0 Å². The van der Waals surface area contributed by atoms with Crippen molar-refractivity contribution >= 4 is 11.4 Å². The number of phenols is 1. The Labute approximate surface area is 95.6 Å². The molecular formula is C14H15NO. The Balaban J connectivity index is 2.11. The maximum atomic E-state index is 9.16. The zero-order valence-corrected chi connectivity index (χ0v) is 9.27. The maximum absolute atomic E-state index is 9.16. The van der Waals surface area contributed by atoms with Crippen molar-refractivity contribution in [2.75, 3.05) is 5.32 Å². The minimum Gasteiger partial charge on any atom is -0.508 e. The normalized spacial score (nSPS) is 10.1. The number of anilines is 2. The van der Waals surface area contributed by atoms with Gasteiger partial charge in [0.1, 0.15) is 5.75 Å². The predicted molar refractivity (Wildman–Crippen MR) is 67.2 cm³/mol. The van der Waals surface area contributed by atoms with E-state index in [0.29, 0.717) is 0 Å². The van der Waals surface area contributed by atoms with Crippen LogP contribution in [-0.2, 0) is 6.42 Å². The van der Waals surface area contributed by atoms with Crippen molar-refractivity contribution in [3.63, 3.8) is 0 Å². The van der Waals surface area contributed by atoms with Gasteiger partial charge in [-0.3, -0.25) is 0 Å². The number of phenolic OH excluding ortho intramolecular Hbond substituents is 1. The van der Waals surface area contributed by atoms with E-state index in [2.05, 4.69) is 36.5 Å². The SMILES string of the molecule is CCc1ccc(Nc2ccc(O)cc2)cc1. The molecule has 0 fully saturated rings. The molecule has 2 N–H and O–H groups in total. The molecule has 0 radical (unpaired) electrons. The topological polar surface area (TPSA) is 32.3 Å². The van der Waals surface area contributed by atoms with Crippen LogP contribution in [0.1, 0.15) is 12.5 Å². The second-order valence-corrected chi connectivity index (χ2v) is 3.72. The molecule has 0 bridgehead atoms. The Morgan fingerprint density at radius 3 is 1.88 bits per heavy atom. The lowest BCUT2D eigenvalue weighted by Gasteiger charge is -2.07. The molecule has 0 aromatic heterocycles. The van der Waals surface area contributed by atoms with Crippen molar-refractivity contribution in [2.45, 2.75) is 13.3 Å². The number of aromatic hydroxyl groups is 1. The molecule has 0 spiro atoms. The van der Waals surface area contributed by atoms with E-state index in [1.165, 1.54) is 5.56 Å². The monoisotopic (exact) mass is 213 g/mol. The average molecular weight is 213 g/mol. The van der Waals surface area contributed by atoms with Gasteiger partial charge in [-0.1, -0.05) is 19.1 Å². The third-order valence-corrected chi connectivity index (χ3v) is 2.52. The lowest BCUT2D eigenvalue weighted by molar-refractivity contribution is 0.475. The van der Waals surface area contributed by atoms with Crippen LogP contribution in [0.5, 0.6) is 5.75 Å². The molecule has 2 aromatic rings. The van der Waals surface area contributed by atoms with Gasteiger partial charge in [-0.05, 0) is 48.4 Å². The highest BCUT2D eigenvalue weighted by molar-refractivity contribution is 5.60. The van der Waals surface area contributed by atoms with Gasteiger partial charge in [0.05, 0.1) is 0 Å². The van der Waals surface area contributed by atoms with E-state index in [-0.39, 0.29) is 5.75 Å². The predicted octanol–water partition coefficient (Wildman–Crippen LogP) is 3.70. The van der Waals surface area contributed by atoms with E-state index >= 15 is 0 Å². The van der Waals surface area contributed by atoms with E-state index in [1.54, 1.807) is 12.1 Å². The highest BCUT2D eigenvalue weighted by Crippen LogP contribution is 2.19. The Hall–Kier alpha value is -1.96. The van der Waals surface area contributed by atoms with Crippen LogP contribution >= 0.6 is 0 Å². The molecular weight excluding hydrogens is 198 g/mol. The third kappa shape index (κ3) is 2.54. The molecule has 2 rings (SSSR count). The minimum atomic E-state index is 0.284. The Morgan fingerprint density at radius 1 is 0.875 bits per heavy atom. The summed E-state index contributed by atoms with van der Waals surface area (Å²) in [6.07, 6.45) is 1.06. The maximum Gasteiger partial charge on any atom is 0.115 e. The minimum absolute atomic E-state index is 0.284. The highest BCUT2D eigenvalue weighted by Gasteiger charge is 1.95. The van der Waals surface area contributed by atoms with E-state index in [1.807, 2.05) is 12.1 Å². The summed E-state index contributed by atoms with van der Waals surface area (Å²) in [7, 11) is 0. The Kier molecular flexibility index (Phi) is 3.10. The second kappa shape index (κ2) is 4.71. The van der Waals surface area contributed by atoms with Crippen LogP contribution in [0.25, 0.3) is 0 Å². The first-order chi connectivity index (χ1) is 7.78. The fourth-order valence-electron chi connectivity index (χ4n) is 1.54. The highest BCUT2D eigenvalue weighted by atomic mass is 16.3. The number of benzene rings is 2. The fraction of sp³-hybridized carbons (Fsp3) is 0.143. The molecule has 2 nitrogen and oxygen atoms in total. The van der Waals surface area contributed by atoms with Crippen LogP contribution in [0.4, 0.5) is 11.4 Å².